The van der Waals surface area contributed by atoms with Crippen molar-refractivity contribution in [3.05, 3.63) is 0 Å². The first kappa shape index (κ1) is 14.8. The molecule has 0 spiro atoms. The number of hydrogen-bond acceptors (Lipinski definition) is 3. The van der Waals surface area contributed by atoms with Crippen molar-refractivity contribution >= 4 is 12.0 Å². The van der Waals surface area contributed by atoms with Crippen molar-refractivity contribution in [1.29, 1.82) is 0 Å². The first-order chi connectivity index (χ1) is 8.21. The van der Waals surface area contributed by atoms with Gasteiger partial charge in [-0.25, -0.2) is 4.79 Å². The van der Waals surface area contributed by atoms with Gasteiger partial charge in [-0.2, -0.15) is 0 Å². The van der Waals surface area contributed by atoms with Crippen molar-refractivity contribution in [3.63, 3.8) is 0 Å². The molecule has 0 bridgehead atoms. The highest BCUT2D eigenvalue weighted by Gasteiger charge is 2.35. The van der Waals surface area contributed by atoms with E-state index in [1.165, 1.54) is 0 Å². The molecule has 5 heteroatoms. The minimum absolute atomic E-state index is 0.0269. The number of primary amides is 1. The summed E-state index contributed by atoms with van der Waals surface area (Å²) in [6.07, 6.45) is 1.11. The second-order valence-electron chi connectivity index (χ2n) is 6.03. The van der Waals surface area contributed by atoms with Crippen molar-refractivity contribution in [2.24, 2.45) is 11.1 Å². The Kier molecular flexibility index (Phi) is 4.59. The molecule has 5 nitrogen and oxygen atoms in total. The molecule has 0 aromatic heterocycles. The average Bonchev–Trinajstić information content (AvgIpc) is 2.24. The molecule has 0 aliphatic carbocycles. The van der Waals surface area contributed by atoms with Crippen LogP contribution in [0.4, 0.5) is 4.79 Å². The lowest BCUT2D eigenvalue weighted by molar-refractivity contribution is -0.118. The van der Waals surface area contributed by atoms with Crippen molar-refractivity contribution in [2.75, 3.05) is 6.54 Å². The van der Waals surface area contributed by atoms with E-state index in [2.05, 4.69) is 20.8 Å². The molecule has 0 saturated carbocycles. The number of carbonyl (C=O) groups is 2. The summed E-state index contributed by atoms with van der Waals surface area (Å²) < 4.78 is 5.34. The second-order valence-corrected chi connectivity index (χ2v) is 6.03. The molecule has 0 aromatic carbocycles. The fraction of sp³-hybridized carbons (Fsp3) is 0.846. The number of ether oxygens (including phenoxy) is 1. The largest absolute Gasteiger partial charge is 0.446 e. The third-order valence-corrected chi connectivity index (χ3v) is 3.63. The molecule has 104 valence electrons. The summed E-state index contributed by atoms with van der Waals surface area (Å²) in [4.78, 5) is 24.4. The molecular weight excluding hydrogens is 232 g/mol. The molecular formula is C13H24N2O3. The molecule has 18 heavy (non-hydrogen) atoms. The lowest BCUT2D eigenvalue weighted by Gasteiger charge is -2.41. The van der Waals surface area contributed by atoms with Gasteiger partial charge in [-0.3, -0.25) is 4.79 Å². The third kappa shape index (κ3) is 3.89. The zero-order chi connectivity index (χ0) is 13.9. The topological polar surface area (TPSA) is 72.6 Å². The van der Waals surface area contributed by atoms with E-state index in [4.69, 9.17) is 10.5 Å². The number of amides is 2. The Bertz CT molecular complexity index is 323. The van der Waals surface area contributed by atoms with Crippen LogP contribution in [0, 0.1) is 5.41 Å². The number of hydrogen-bond donors (Lipinski definition) is 1. The lowest BCUT2D eigenvalue weighted by Crippen LogP contribution is -2.51. The second kappa shape index (κ2) is 5.59. The van der Waals surface area contributed by atoms with Gasteiger partial charge in [-0.15, -0.1) is 0 Å². The molecule has 0 radical (unpaired) electrons. The van der Waals surface area contributed by atoms with Crippen LogP contribution in [0.15, 0.2) is 0 Å². The van der Waals surface area contributed by atoms with Gasteiger partial charge in [0.1, 0.15) is 6.10 Å². The molecule has 1 aliphatic heterocycles. The molecule has 1 heterocycles. The van der Waals surface area contributed by atoms with E-state index < -0.39 is 0 Å². The van der Waals surface area contributed by atoms with E-state index in [0.717, 1.165) is 6.42 Å². The van der Waals surface area contributed by atoms with Gasteiger partial charge in [0.2, 0.25) is 5.91 Å². The predicted octanol–water partition coefficient (Wildman–Crippen LogP) is 1.90. The molecule has 1 rings (SSSR count). The predicted molar refractivity (Wildman–Crippen MR) is 68.9 cm³/mol. The highest BCUT2D eigenvalue weighted by atomic mass is 16.6. The molecule has 1 saturated heterocycles. The van der Waals surface area contributed by atoms with Gasteiger partial charge < -0.3 is 15.4 Å². The van der Waals surface area contributed by atoms with Gasteiger partial charge in [0.25, 0.3) is 0 Å². The Balaban J connectivity index is 2.51. The molecule has 2 amide bonds. The normalized spacial score (nSPS) is 22.6. The van der Waals surface area contributed by atoms with Crippen LogP contribution in [0.25, 0.3) is 0 Å². The van der Waals surface area contributed by atoms with Crippen molar-refractivity contribution in [3.8, 4) is 0 Å². The zero-order valence-corrected chi connectivity index (χ0v) is 11.7. The van der Waals surface area contributed by atoms with E-state index in [0.29, 0.717) is 13.0 Å². The maximum atomic E-state index is 11.9. The number of rotatable bonds is 4. The molecule has 0 aromatic rings. The smallest absolute Gasteiger partial charge is 0.410 e. The van der Waals surface area contributed by atoms with Crippen LogP contribution in [0.5, 0.6) is 0 Å². The number of nitrogens with two attached hydrogens (primary N) is 1. The monoisotopic (exact) mass is 256 g/mol. The lowest BCUT2D eigenvalue weighted by atomic mass is 9.86. The highest BCUT2D eigenvalue weighted by Crippen LogP contribution is 2.27. The van der Waals surface area contributed by atoms with Crippen LogP contribution in [0.2, 0.25) is 0 Å². The molecule has 2 N–H and O–H groups in total. The first-order valence-corrected chi connectivity index (χ1v) is 6.47. The fourth-order valence-electron chi connectivity index (χ4n) is 1.97. The van der Waals surface area contributed by atoms with Gasteiger partial charge in [-0.1, -0.05) is 20.8 Å². The van der Waals surface area contributed by atoms with Crippen molar-refractivity contribution < 1.29 is 14.3 Å². The number of nitrogens with zero attached hydrogens (tertiary/aromatic N) is 1. The van der Waals surface area contributed by atoms with E-state index in [1.54, 1.807) is 4.90 Å². The van der Waals surface area contributed by atoms with E-state index >= 15 is 0 Å². The summed E-state index contributed by atoms with van der Waals surface area (Å²) in [5, 5.41) is 0. The van der Waals surface area contributed by atoms with Crippen LogP contribution in [-0.2, 0) is 9.53 Å². The van der Waals surface area contributed by atoms with Crippen LogP contribution < -0.4 is 5.73 Å². The molecule has 1 aliphatic rings. The van der Waals surface area contributed by atoms with Crippen molar-refractivity contribution in [1.82, 2.24) is 4.90 Å². The first-order valence-electron chi connectivity index (χ1n) is 6.47. The van der Waals surface area contributed by atoms with E-state index in [9.17, 15) is 9.59 Å². The summed E-state index contributed by atoms with van der Waals surface area (Å²) in [6, 6.07) is 0.127. The summed E-state index contributed by atoms with van der Waals surface area (Å²) in [6.45, 7) is 9.02. The van der Waals surface area contributed by atoms with Crippen LogP contribution in [0.3, 0.4) is 0 Å². The highest BCUT2D eigenvalue weighted by molar-refractivity contribution is 5.74. The van der Waals surface area contributed by atoms with Crippen LogP contribution >= 0.6 is 0 Å². The molecule has 2 unspecified atom stereocenters. The minimum atomic E-state index is -0.350. The van der Waals surface area contributed by atoms with Crippen LogP contribution in [-0.4, -0.2) is 35.6 Å². The maximum absolute atomic E-state index is 11.9. The minimum Gasteiger partial charge on any atom is -0.446 e. The fourth-order valence-corrected chi connectivity index (χ4v) is 1.97. The summed E-state index contributed by atoms with van der Waals surface area (Å²) >= 11 is 0. The third-order valence-electron chi connectivity index (χ3n) is 3.63. The van der Waals surface area contributed by atoms with E-state index in [-0.39, 0.29) is 36.0 Å². The van der Waals surface area contributed by atoms with Gasteiger partial charge in [-0.05, 0) is 18.8 Å². The summed E-state index contributed by atoms with van der Waals surface area (Å²) in [5.74, 6) is -0.350. The Morgan fingerprint density at radius 2 is 2.17 bits per heavy atom. The SMILES string of the molecule is CC(N1CCC(CCC(N)=O)OC1=O)C(C)(C)C. The average molecular weight is 256 g/mol. The molecule has 2 atom stereocenters. The standard InChI is InChI=1S/C13H24N2O3/c1-9(13(2,3)4)15-8-7-10(18-12(15)17)5-6-11(14)16/h9-10H,5-8H2,1-4H3,(H2,14,16). The summed E-state index contributed by atoms with van der Waals surface area (Å²) in [5.41, 5.74) is 5.11. The van der Waals surface area contributed by atoms with E-state index in [1.807, 2.05) is 6.92 Å². The Morgan fingerprint density at radius 3 is 2.61 bits per heavy atom. The quantitative estimate of drug-likeness (QED) is 0.835. The van der Waals surface area contributed by atoms with Gasteiger partial charge in [0.15, 0.2) is 0 Å². The summed E-state index contributed by atoms with van der Waals surface area (Å²) in [7, 11) is 0. The molecule has 1 fully saturated rings. The van der Waals surface area contributed by atoms with Gasteiger partial charge >= 0.3 is 6.09 Å². The Hall–Kier alpha value is -1.26. The van der Waals surface area contributed by atoms with Crippen molar-refractivity contribution in [2.45, 2.75) is 59.1 Å². The number of carbonyl (C=O) groups excluding carboxylic acids is 2. The zero-order valence-electron chi connectivity index (χ0n) is 11.7. The Morgan fingerprint density at radius 1 is 1.56 bits per heavy atom. The Labute approximate surface area is 109 Å². The number of cyclic esters (lactones) is 1. The van der Waals surface area contributed by atoms with Gasteiger partial charge in [0.05, 0.1) is 0 Å². The van der Waals surface area contributed by atoms with Gasteiger partial charge in [0, 0.05) is 25.4 Å². The maximum Gasteiger partial charge on any atom is 0.410 e. The van der Waals surface area contributed by atoms with Crippen LogP contribution in [0.1, 0.15) is 47.0 Å².